The minimum atomic E-state index is -3.47. The van der Waals surface area contributed by atoms with E-state index in [2.05, 4.69) is 15.1 Å². The molecule has 0 fully saturated rings. The molecule has 0 spiro atoms. The van der Waals surface area contributed by atoms with E-state index >= 15 is 0 Å². The maximum Gasteiger partial charge on any atom is 0.241 e. The zero-order valence-corrected chi connectivity index (χ0v) is 13.3. The molecule has 0 aromatic carbocycles. The molecular weight excluding hydrogens is 296 g/mol. The van der Waals surface area contributed by atoms with E-state index in [4.69, 9.17) is 0 Å². The van der Waals surface area contributed by atoms with E-state index in [1.54, 1.807) is 22.3 Å². The lowest BCUT2D eigenvalue weighted by atomic mass is 10.3. The van der Waals surface area contributed by atoms with Gasteiger partial charge in [0.25, 0.3) is 0 Å². The molecule has 0 aliphatic rings. The van der Waals surface area contributed by atoms with Gasteiger partial charge >= 0.3 is 0 Å². The van der Waals surface area contributed by atoms with Gasteiger partial charge in [0.15, 0.2) is 0 Å². The molecule has 20 heavy (non-hydrogen) atoms. The first-order valence-electron chi connectivity index (χ1n) is 6.13. The molecule has 0 bridgehead atoms. The number of hydrogen-bond acceptors (Lipinski definition) is 5. The topological polar surface area (TPSA) is 76.0 Å². The average Bonchev–Trinajstić information content (AvgIpc) is 2.98. The number of rotatable bonds is 6. The largest absolute Gasteiger partial charge is 0.315 e. The highest BCUT2D eigenvalue weighted by Crippen LogP contribution is 2.19. The lowest BCUT2D eigenvalue weighted by Gasteiger charge is -2.04. The number of hydrogen-bond donors (Lipinski definition) is 2. The Bertz CT molecular complexity index is 688. The van der Waals surface area contributed by atoms with Crippen LogP contribution < -0.4 is 10.0 Å². The molecule has 2 aromatic heterocycles. The van der Waals surface area contributed by atoms with Crippen LogP contribution in [0.15, 0.2) is 22.5 Å². The Hall–Kier alpha value is -1.22. The molecule has 0 radical (unpaired) electrons. The third kappa shape index (κ3) is 3.26. The van der Waals surface area contributed by atoms with Gasteiger partial charge in [-0.2, -0.15) is 5.10 Å². The second-order valence-corrected chi connectivity index (χ2v) is 7.25. The summed E-state index contributed by atoms with van der Waals surface area (Å²) in [4.78, 5) is 1.31. The van der Waals surface area contributed by atoms with Gasteiger partial charge in [-0.25, -0.2) is 13.1 Å². The SMILES string of the molecule is CNCc1cc(S(=O)(=O)NCc2cnn(C)c2C)cs1. The molecule has 2 heterocycles. The first-order valence-corrected chi connectivity index (χ1v) is 8.49. The van der Waals surface area contributed by atoms with E-state index in [-0.39, 0.29) is 6.54 Å². The Morgan fingerprint density at radius 3 is 2.75 bits per heavy atom. The summed E-state index contributed by atoms with van der Waals surface area (Å²) >= 11 is 1.43. The van der Waals surface area contributed by atoms with Crippen molar-refractivity contribution in [2.75, 3.05) is 7.05 Å². The summed E-state index contributed by atoms with van der Waals surface area (Å²) in [5.41, 5.74) is 1.83. The highest BCUT2D eigenvalue weighted by Gasteiger charge is 2.16. The normalized spacial score (nSPS) is 11.9. The van der Waals surface area contributed by atoms with Gasteiger partial charge in [-0.05, 0) is 20.0 Å². The molecule has 2 aromatic rings. The van der Waals surface area contributed by atoms with Crippen molar-refractivity contribution in [2.45, 2.75) is 24.9 Å². The van der Waals surface area contributed by atoms with Crippen molar-refractivity contribution in [3.05, 3.63) is 33.8 Å². The van der Waals surface area contributed by atoms with Gasteiger partial charge in [0.05, 0.1) is 11.1 Å². The Morgan fingerprint density at radius 1 is 1.40 bits per heavy atom. The molecular formula is C12H18N4O2S2. The van der Waals surface area contributed by atoms with Gasteiger partial charge in [0.1, 0.15) is 0 Å². The van der Waals surface area contributed by atoms with Crippen LogP contribution in [-0.2, 0) is 30.2 Å². The van der Waals surface area contributed by atoms with Crippen LogP contribution >= 0.6 is 11.3 Å². The van der Waals surface area contributed by atoms with Crippen LogP contribution in [0.1, 0.15) is 16.1 Å². The Morgan fingerprint density at radius 2 is 2.15 bits per heavy atom. The van der Waals surface area contributed by atoms with Gasteiger partial charge in [0.2, 0.25) is 10.0 Å². The average molecular weight is 314 g/mol. The van der Waals surface area contributed by atoms with Gasteiger partial charge in [-0.1, -0.05) is 0 Å². The Balaban J connectivity index is 2.08. The zero-order chi connectivity index (χ0) is 14.8. The molecule has 8 heteroatoms. The van der Waals surface area contributed by atoms with Gasteiger partial charge in [-0.15, -0.1) is 11.3 Å². The van der Waals surface area contributed by atoms with Crippen LogP contribution in [0, 0.1) is 6.92 Å². The van der Waals surface area contributed by atoms with Gasteiger partial charge in [0, 0.05) is 41.7 Å². The summed E-state index contributed by atoms with van der Waals surface area (Å²) in [7, 11) is 0.192. The fourth-order valence-corrected chi connectivity index (χ4v) is 4.04. The molecule has 2 N–H and O–H groups in total. The predicted octanol–water partition coefficient (Wildman–Crippen LogP) is 0.988. The van der Waals surface area contributed by atoms with Crippen molar-refractivity contribution < 1.29 is 8.42 Å². The molecule has 0 amide bonds. The van der Waals surface area contributed by atoms with Crippen molar-refractivity contribution in [3.63, 3.8) is 0 Å². The summed E-state index contributed by atoms with van der Waals surface area (Å²) in [5.74, 6) is 0. The monoisotopic (exact) mass is 314 g/mol. The van der Waals surface area contributed by atoms with Crippen LogP contribution in [0.3, 0.4) is 0 Å². The molecule has 0 unspecified atom stereocenters. The minimum Gasteiger partial charge on any atom is -0.315 e. The quantitative estimate of drug-likeness (QED) is 0.833. The molecule has 2 rings (SSSR count). The lowest BCUT2D eigenvalue weighted by molar-refractivity contribution is 0.581. The van der Waals surface area contributed by atoms with E-state index in [9.17, 15) is 8.42 Å². The smallest absolute Gasteiger partial charge is 0.241 e. The summed E-state index contributed by atoms with van der Waals surface area (Å²) in [5, 5.41) is 8.75. The third-order valence-electron chi connectivity index (χ3n) is 3.08. The minimum absolute atomic E-state index is 0.249. The van der Waals surface area contributed by atoms with E-state index in [1.807, 2.05) is 21.0 Å². The zero-order valence-electron chi connectivity index (χ0n) is 11.7. The highest BCUT2D eigenvalue weighted by molar-refractivity contribution is 7.89. The molecule has 0 atom stereocenters. The maximum atomic E-state index is 12.2. The second kappa shape index (κ2) is 6.04. The Kier molecular flexibility index (Phi) is 4.59. The number of nitrogens with zero attached hydrogens (tertiary/aromatic N) is 2. The van der Waals surface area contributed by atoms with Crippen molar-refractivity contribution in [1.82, 2.24) is 19.8 Å². The molecule has 0 saturated carbocycles. The first-order chi connectivity index (χ1) is 9.44. The first kappa shape index (κ1) is 15.2. The Labute approximate surface area is 122 Å². The fraction of sp³-hybridized carbons (Fsp3) is 0.417. The van der Waals surface area contributed by atoms with Crippen LogP contribution in [0.5, 0.6) is 0 Å². The highest BCUT2D eigenvalue weighted by atomic mass is 32.2. The van der Waals surface area contributed by atoms with E-state index in [1.165, 1.54) is 11.3 Å². The second-order valence-electron chi connectivity index (χ2n) is 4.48. The van der Waals surface area contributed by atoms with E-state index in [0.717, 1.165) is 16.1 Å². The summed E-state index contributed by atoms with van der Waals surface area (Å²) in [6.07, 6.45) is 1.68. The lowest BCUT2D eigenvalue weighted by Crippen LogP contribution is -2.23. The van der Waals surface area contributed by atoms with Crippen LogP contribution in [0.2, 0.25) is 0 Å². The third-order valence-corrected chi connectivity index (χ3v) is 5.55. The number of sulfonamides is 1. The van der Waals surface area contributed by atoms with Crippen LogP contribution in [0.4, 0.5) is 0 Å². The van der Waals surface area contributed by atoms with Crippen LogP contribution in [0.25, 0.3) is 0 Å². The van der Waals surface area contributed by atoms with Crippen molar-refractivity contribution in [3.8, 4) is 0 Å². The number of nitrogens with one attached hydrogen (secondary N) is 2. The number of aromatic nitrogens is 2. The molecule has 0 saturated heterocycles. The van der Waals surface area contributed by atoms with Crippen LogP contribution in [-0.4, -0.2) is 25.2 Å². The predicted molar refractivity (Wildman–Crippen MR) is 79.1 cm³/mol. The number of aryl methyl sites for hydroxylation is 1. The summed E-state index contributed by atoms with van der Waals surface area (Å²) in [6, 6.07) is 1.69. The van der Waals surface area contributed by atoms with Gasteiger partial charge < -0.3 is 5.32 Å². The molecule has 110 valence electrons. The molecule has 0 aliphatic heterocycles. The van der Waals surface area contributed by atoms with E-state index in [0.29, 0.717) is 11.4 Å². The molecule has 0 aliphatic carbocycles. The van der Waals surface area contributed by atoms with Crippen molar-refractivity contribution in [1.29, 1.82) is 0 Å². The van der Waals surface area contributed by atoms with E-state index < -0.39 is 10.0 Å². The number of thiophene rings is 1. The maximum absolute atomic E-state index is 12.2. The standard InChI is InChI=1S/C12H18N4O2S2/c1-9-10(5-14-16(9)3)6-15-20(17,18)12-4-11(7-13-2)19-8-12/h4-5,8,13,15H,6-7H2,1-3H3. The van der Waals surface area contributed by atoms with Crippen molar-refractivity contribution >= 4 is 21.4 Å². The summed E-state index contributed by atoms with van der Waals surface area (Å²) in [6.45, 7) is 2.83. The van der Waals surface area contributed by atoms with Crippen molar-refractivity contribution in [2.24, 2.45) is 7.05 Å². The van der Waals surface area contributed by atoms with Gasteiger partial charge in [-0.3, -0.25) is 4.68 Å². The fourth-order valence-electron chi connectivity index (χ4n) is 1.74. The molecule has 6 nitrogen and oxygen atoms in total. The summed E-state index contributed by atoms with van der Waals surface area (Å²) < 4.78 is 28.7.